The molecule has 0 aliphatic rings. The van der Waals surface area contributed by atoms with Gasteiger partial charge in [0, 0.05) is 24.1 Å². The van der Waals surface area contributed by atoms with Crippen LogP contribution in [0.5, 0.6) is 0 Å². The third kappa shape index (κ3) is 6.16. The highest BCUT2D eigenvalue weighted by Gasteiger charge is 2.19. The van der Waals surface area contributed by atoms with Crippen LogP contribution in [0.3, 0.4) is 0 Å². The summed E-state index contributed by atoms with van der Waals surface area (Å²) in [5.74, 6) is -1.61. The summed E-state index contributed by atoms with van der Waals surface area (Å²) >= 11 is 3.39. The predicted octanol–water partition coefficient (Wildman–Crippen LogP) is 1.85. The molecule has 0 radical (unpaired) electrons. The predicted molar refractivity (Wildman–Crippen MR) is 78.5 cm³/mol. The second-order valence-electron chi connectivity index (χ2n) is 4.42. The first-order valence-corrected chi connectivity index (χ1v) is 7.05. The molecule has 0 spiro atoms. The Bertz CT molecular complexity index is 464. The molecule has 0 heterocycles. The fourth-order valence-corrected chi connectivity index (χ4v) is 2.29. The molecule has 0 fully saturated rings. The van der Waals surface area contributed by atoms with E-state index in [9.17, 15) is 9.59 Å². The molecule has 0 aromatic heterocycles. The van der Waals surface area contributed by atoms with Crippen molar-refractivity contribution in [1.82, 2.24) is 5.32 Å². The molecular weight excluding hydrogens is 326 g/mol. The standard InChI is InChI=1S/C14H18BrNO4/c1-20-6-5-11(14(19)16-9-13(17)18)7-10-3-2-4-12(15)8-10/h2-4,8,11H,5-7,9H2,1H3,(H,16,19)(H,17,18). The fourth-order valence-electron chi connectivity index (χ4n) is 1.84. The topological polar surface area (TPSA) is 75.6 Å². The number of methoxy groups -OCH3 is 1. The van der Waals surface area contributed by atoms with Crippen molar-refractivity contribution >= 4 is 27.8 Å². The van der Waals surface area contributed by atoms with E-state index < -0.39 is 5.97 Å². The first kappa shape index (κ1) is 16.7. The summed E-state index contributed by atoms with van der Waals surface area (Å²) < 4.78 is 5.95. The zero-order chi connectivity index (χ0) is 15.0. The summed E-state index contributed by atoms with van der Waals surface area (Å²) in [5, 5.41) is 11.0. The van der Waals surface area contributed by atoms with Gasteiger partial charge in [-0.15, -0.1) is 0 Å². The largest absolute Gasteiger partial charge is 0.480 e. The Morgan fingerprint density at radius 2 is 2.20 bits per heavy atom. The maximum absolute atomic E-state index is 12.0. The highest BCUT2D eigenvalue weighted by molar-refractivity contribution is 9.10. The third-order valence-electron chi connectivity index (χ3n) is 2.83. The van der Waals surface area contributed by atoms with Crippen LogP contribution in [0.15, 0.2) is 28.7 Å². The van der Waals surface area contributed by atoms with Gasteiger partial charge in [0.2, 0.25) is 5.91 Å². The molecular formula is C14H18BrNO4. The molecule has 1 aromatic rings. The van der Waals surface area contributed by atoms with Crippen LogP contribution in [-0.4, -0.2) is 37.2 Å². The maximum atomic E-state index is 12.0. The highest BCUT2D eigenvalue weighted by Crippen LogP contribution is 2.17. The average molecular weight is 344 g/mol. The summed E-state index contributed by atoms with van der Waals surface area (Å²) in [6, 6.07) is 7.71. The Labute approximate surface area is 126 Å². The molecule has 0 bridgehead atoms. The highest BCUT2D eigenvalue weighted by atomic mass is 79.9. The van der Waals surface area contributed by atoms with Gasteiger partial charge in [-0.1, -0.05) is 28.1 Å². The number of nitrogens with one attached hydrogen (secondary N) is 1. The number of carbonyl (C=O) groups is 2. The fraction of sp³-hybridized carbons (Fsp3) is 0.429. The molecule has 1 aromatic carbocycles. The number of ether oxygens (including phenoxy) is 1. The second-order valence-corrected chi connectivity index (χ2v) is 5.34. The molecule has 0 aliphatic carbocycles. The number of rotatable bonds is 8. The first-order valence-electron chi connectivity index (χ1n) is 6.25. The molecule has 20 heavy (non-hydrogen) atoms. The van der Waals surface area contributed by atoms with Crippen LogP contribution in [0.4, 0.5) is 0 Å². The Balaban J connectivity index is 2.67. The maximum Gasteiger partial charge on any atom is 0.322 e. The molecule has 6 heteroatoms. The normalized spacial score (nSPS) is 11.9. The first-order chi connectivity index (χ1) is 9.52. The molecule has 0 saturated heterocycles. The van der Waals surface area contributed by atoms with E-state index in [0.717, 1.165) is 10.0 Å². The van der Waals surface area contributed by atoms with Crippen molar-refractivity contribution in [2.45, 2.75) is 12.8 Å². The van der Waals surface area contributed by atoms with Crippen LogP contribution < -0.4 is 5.32 Å². The van der Waals surface area contributed by atoms with Crippen molar-refractivity contribution < 1.29 is 19.4 Å². The van der Waals surface area contributed by atoms with E-state index in [1.807, 2.05) is 24.3 Å². The van der Waals surface area contributed by atoms with Gasteiger partial charge in [-0.05, 0) is 30.5 Å². The van der Waals surface area contributed by atoms with E-state index in [-0.39, 0.29) is 18.4 Å². The number of aliphatic carboxylic acids is 1. The van der Waals surface area contributed by atoms with Gasteiger partial charge in [0.15, 0.2) is 0 Å². The van der Waals surface area contributed by atoms with Crippen LogP contribution in [0, 0.1) is 5.92 Å². The summed E-state index contributed by atoms with van der Waals surface area (Å²) in [6.07, 6.45) is 1.10. The number of carbonyl (C=O) groups excluding carboxylic acids is 1. The van der Waals surface area contributed by atoms with E-state index in [2.05, 4.69) is 21.2 Å². The van der Waals surface area contributed by atoms with Gasteiger partial charge in [-0.3, -0.25) is 9.59 Å². The van der Waals surface area contributed by atoms with Crippen LogP contribution in [0.1, 0.15) is 12.0 Å². The van der Waals surface area contributed by atoms with Crippen molar-refractivity contribution in [3.8, 4) is 0 Å². The summed E-state index contributed by atoms with van der Waals surface area (Å²) in [7, 11) is 1.57. The van der Waals surface area contributed by atoms with E-state index in [4.69, 9.17) is 9.84 Å². The number of hydrogen-bond donors (Lipinski definition) is 2. The van der Waals surface area contributed by atoms with E-state index >= 15 is 0 Å². The molecule has 1 atom stereocenters. The number of benzene rings is 1. The average Bonchev–Trinajstić information content (AvgIpc) is 2.40. The van der Waals surface area contributed by atoms with Gasteiger partial charge in [-0.25, -0.2) is 0 Å². The quantitative estimate of drug-likeness (QED) is 0.755. The summed E-state index contributed by atoms with van der Waals surface area (Å²) in [4.78, 5) is 22.5. The van der Waals surface area contributed by atoms with Crippen LogP contribution in [0.2, 0.25) is 0 Å². The van der Waals surface area contributed by atoms with Crippen molar-refractivity contribution in [3.05, 3.63) is 34.3 Å². The Kier molecular flexibility index (Phi) is 7.25. The number of halogens is 1. The zero-order valence-corrected chi connectivity index (χ0v) is 12.9. The lowest BCUT2D eigenvalue weighted by molar-refractivity contribution is -0.138. The SMILES string of the molecule is COCCC(Cc1cccc(Br)c1)C(=O)NCC(=O)O. The molecule has 5 nitrogen and oxygen atoms in total. The van der Waals surface area contributed by atoms with Crippen molar-refractivity contribution in [2.24, 2.45) is 5.92 Å². The lowest BCUT2D eigenvalue weighted by atomic mass is 9.95. The molecule has 1 unspecified atom stereocenters. The van der Waals surface area contributed by atoms with Gasteiger partial charge in [-0.2, -0.15) is 0 Å². The van der Waals surface area contributed by atoms with Gasteiger partial charge < -0.3 is 15.2 Å². The minimum Gasteiger partial charge on any atom is -0.480 e. The Morgan fingerprint density at radius 3 is 2.80 bits per heavy atom. The van der Waals surface area contributed by atoms with E-state index in [1.54, 1.807) is 7.11 Å². The van der Waals surface area contributed by atoms with E-state index in [0.29, 0.717) is 19.4 Å². The van der Waals surface area contributed by atoms with Gasteiger partial charge >= 0.3 is 5.97 Å². The van der Waals surface area contributed by atoms with Gasteiger partial charge in [0.05, 0.1) is 0 Å². The molecule has 1 amide bonds. The van der Waals surface area contributed by atoms with Gasteiger partial charge in [0.25, 0.3) is 0 Å². The lowest BCUT2D eigenvalue weighted by Gasteiger charge is -2.16. The number of hydrogen-bond acceptors (Lipinski definition) is 3. The van der Waals surface area contributed by atoms with Crippen molar-refractivity contribution in [1.29, 1.82) is 0 Å². The van der Waals surface area contributed by atoms with Crippen molar-refractivity contribution in [2.75, 3.05) is 20.3 Å². The van der Waals surface area contributed by atoms with Crippen LogP contribution in [0.25, 0.3) is 0 Å². The third-order valence-corrected chi connectivity index (χ3v) is 3.32. The minimum atomic E-state index is -1.05. The van der Waals surface area contributed by atoms with Crippen molar-refractivity contribution in [3.63, 3.8) is 0 Å². The zero-order valence-electron chi connectivity index (χ0n) is 11.3. The minimum absolute atomic E-state index is 0.260. The molecule has 2 N–H and O–H groups in total. The number of amides is 1. The van der Waals surface area contributed by atoms with Gasteiger partial charge in [0.1, 0.15) is 6.54 Å². The molecule has 0 aliphatic heterocycles. The summed E-state index contributed by atoms with van der Waals surface area (Å²) in [5.41, 5.74) is 1.02. The van der Waals surface area contributed by atoms with Crippen LogP contribution >= 0.6 is 15.9 Å². The number of carboxylic acids is 1. The Morgan fingerprint density at radius 1 is 1.45 bits per heavy atom. The molecule has 110 valence electrons. The second kappa shape index (κ2) is 8.71. The number of carboxylic acid groups (broad SMARTS) is 1. The molecule has 1 rings (SSSR count). The summed E-state index contributed by atoms with van der Waals surface area (Å²) in [6.45, 7) is 0.0972. The van der Waals surface area contributed by atoms with Crippen LogP contribution in [-0.2, 0) is 20.7 Å². The lowest BCUT2D eigenvalue weighted by Crippen LogP contribution is -2.36. The monoisotopic (exact) mass is 343 g/mol. The van der Waals surface area contributed by atoms with E-state index in [1.165, 1.54) is 0 Å². The smallest absolute Gasteiger partial charge is 0.322 e. The molecule has 0 saturated carbocycles. The Hall–Kier alpha value is -1.40.